The van der Waals surface area contributed by atoms with Crippen molar-refractivity contribution in [2.24, 2.45) is 0 Å². The van der Waals surface area contributed by atoms with E-state index in [2.05, 4.69) is 21.2 Å². The zero-order valence-electron chi connectivity index (χ0n) is 16.3. The maximum atomic E-state index is 12.6. The quantitative estimate of drug-likeness (QED) is 0.406. The van der Waals surface area contributed by atoms with E-state index >= 15 is 0 Å². The normalized spacial score (nSPS) is 11.1. The molecule has 3 aromatic rings. The molecule has 1 aromatic heterocycles. The Bertz CT molecular complexity index is 1220. The highest BCUT2D eigenvalue weighted by molar-refractivity contribution is 9.10. The summed E-state index contributed by atoms with van der Waals surface area (Å²) in [5, 5.41) is 21.5. The van der Waals surface area contributed by atoms with Crippen molar-refractivity contribution in [2.45, 2.75) is 13.8 Å². The van der Waals surface area contributed by atoms with E-state index in [1.165, 1.54) is 12.1 Å². The number of hydrogen-bond acceptors (Lipinski definition) is 3. The molecule has 0 spiro atoms. The van der Waals surface area contributed by atoms with Crippen LogP contribution in [0.15, 0.2) is 64.6 Å². The van der Waals surface area contributed by atoms with E-state index < -0.39 is 11.9 Å². The van der Waals surface area contributed by atoms with Gasteiger partial charge in [0, 0.05) is 27.2 Å². The number of nitriles is 1. The van der Waals surface area contributed by atoms with E-state index in [-0.39, 0.29) is 11.1 Å². The number of amides is 1. The molecule has 0 aliphatic rings. The Morgan fingerprint density at radius 1 is 1.13 bits per heavy atom. The van der Waals surface area contributed by atoms with Gasteiger partial charge in [0.2, 0.25) is 0 Å². The van der Waals surface area contributed by atoms with Crippen molar-refractivity contribution in [1.82, 2.24) is 4.57 Å². The van der Waals surface area contributed by atoms with Crippen molar-refractivity contribution in [3.8, 4) is 11.8 Å². The van der Waals surface area contributed by atoms with E-state index in [4.69, 9.17) is 0 Å². The summed E-state index contributed by atoms with van der Waals surface area (Å²) in [6, 6.07) is 17.5. The number of nitrogens with one attached hydrogen (secondary N) is 1. The fourth-order valence-corrected chi connectivity index (χ4v) is 3.58. The van der Waals surface area contributed by atoms with Crippen molar-refractivity contribution in [3.05, 3.63) is 87.2 Å². The number of carbonyl (C=O) groups excluding carboxylic acids is 1. The van der Waals surface area contributed by atoms with Crippen LogP contribution in [-0.2, 0) is 4.79 Å². The van der Waals surface area contributed by atoms with Crippen molar-refractivity contribution < 1.29 is 14.7 Å². The van der Waals surface area contributed by atoms with Crippen LogP contribution in [-0.4, -0.2) is 21.6 Å². The maximum Gasteiger partial charge on any atom is 0.335 e. The first-order chi connectivity index (χ1) is 14.3. The summed E-state index contributed by atoms with van der Waals surface area (Å²) in [5.41, 5.74) is 3.77. The van der Waals surface area contributed by atoms with Crippen molar-refractivity contribution in [1.29, 1.82) is 5.26 Å². The molecule has 7 heteroatoms. The number of hydrogen-bond donors (Lipinski definition) is 2. The Hall–Kier alpha value is -3.63. The third-order valence-electron chi connectivity index (χ3n) is 4.57. The second-order valence-corrected chi connectivity index (χ2v) is 7.57. The summed E-state index contributed by atoms with van der Waals surface area (Å²) in [6.07, 6.45) is 1.53. The average molecular weight is 464 g/mol. The highest BCUT2D eigenvalue weighted by Crippen LogP contribution is 2.24. The van der Waals surface area contributed by atoms with E-state index in [9.17, 15) is 20.0 Å². The predicted molar refractivity (Wildman–Crippen MR) is 119 cm³/mol. The molecule has 0 aliphatic carbocycles. The first-order valence-electron chi connectivity index (χ1n) is 9.01. The molecule has 6 nitrogen and oxygen atoms in total. The van der Waals surface area contributed by atoms with Crippen LogP contribution in [0.5, 0.6) is 0 Å². The lowest BCUT2D eigenvalue weighted by molar-refractivity contribution is -0.112. The van der Waals surface area contributed by atoms with Gasteiger partial charge in [-0.05, 0) is 68.0 Å². The summed E-state index contributed by atoms with van der Waals surface area (Å²) in [4.78, 5) is 23.9. The number of aromatic nitrogens is 1. The van der Waals surface area contributed by atoms with Gasteiger partial charge in [-0.15, -0.1) is 0 Å². The van der Waals surface area contributed by atoms with Gasteiger partial charge in [-0.3, -0.25) is 4.79 Å². The second kappa shape index (κ2) is 8.80. The standard InChI is InChI=1S/C23H18BrN3O3/c1-14-9-17(15(2)27(14)21-8-3-5-16(11-21)23(29)30)10-18(13-25)22(28)26-20-7-4-6-19(24)12-20/h3-12H,1-2H3,(H,26,28)(H,29,30)/b18-10-. The van der Waals surface area contributed by atoms with Gasteiger partial charge in [0.15, 0.2) is 0 Å². The summed E-state index contributed by atoms with van der Waals surface area (Å²) in [6.45, 7) is 3.73. The number of carboxylic acid groups (broad SMARTS) is 1. The second-order valence-electron chi connectivity index (χ2n) is 6.65. The van der Waals surface area contributed by atoms with Gasteiger partial charge in [0.25, 0.3) is 5.91 Å². The van der Waals surface area contributed by atoms with Crippen LogP contribution in [0, 0.1) is 25.2 Å². The molecule has 0 saturated heterocycles. The van der Waals surface area contributed by atoms with Crippen LogP contribution in [0.4, 0.5) is 5.69 Å². The average Bonchev–Trinajstić information content (AvgIpc) is 2.99. The number of anilines is 1. The van der Waals surface area contributed by atoms with E-state index in [1.54, 1.807) is 30.3 Å². The molecule has 0 radical (unpaired) electrons. The Balaban J connectivity index is 1.96. The number of carbonyl (C=O) groups is 2. The number of aromatic carboxylic acids is 1. The minimum atomic E-state index is -1.00. The van der Waals surface area contributed by atoms with Crippen molar-refractivity contribution in [2.75, 3.05) is 5.32 Å². The molecule has 30 heavy (non-hydrogen) atoms. The van der Waals surface area contributed by atoms with Gasteiger partial charge >= 0.3 is 5.97 Å². The lowest BCUT2D eigenvalue weighted by Gasteiger charge is -2.10. The van der Waals surface area contributed by atoms with Crippen LogP contribution >= 0.6 is 15.9 Å². The van der Waals surface area contributed by atoms with Crippen LogP contribution in [0.1, 0.15) is 27.3 Å². The molecule has 0 saturated carbocycles. The van der Waals surface area contributed by atoms with E-state index in [0.717, 1.165) is 15.9 Å². The number of nitrogens with zero attached hydrogens (tertiary/aromatic N) is 2. The minimum absolute atomic E-state index is 0.0329. The molecule has 0 fully saturated rings. The van der Waals surface area contributed by atoms with Gasteiger partial charge in [0.1, 0.15) is 11.6 Å². The lowest BCUT2D eigenvalue weighted by Crippen LogP contribution is -2.13. The van der Waals surface area contributed by atoms with Crippen LogP contribution in [0.3, 0.4) is 0 Å². The fourth-order valence-electron chi connectivity index (χ4n) is 3.18. The molecule has 0 unspecified atom stereocenters. The highest BCUT2D eigenvalue weighted by Gasteiger charge is 2.15. The Kier molecular flexibility index (Phi) is 6.19. The number of rotatable bonds is 5. The van der Waals surface area contributed by atoms with Crippen molar-refractivity contribution in [3.63, 3.8) is 0 Å². The molecular weight excluding hydrogens is 446 g/mol. The van der Waals surface area contributed by atoms with Crippen molar-refractivity contribution >= 4 is 39.6 Å². The molecule has 3 rings (SSSR count). The van der Waals surface area contributed by atoms with Gasteiger partial charge in [-0.25, -0.2) is 4.79 Å². The Morgan fingerprint density at radius 2 is 1.87 bits per heavy atom. The molecule has 0 atom stereocenters. The van der Waals surface area contributed by atoms with Crippen LogP contribution in [0.25, 0.3) is 11.8 Å². The molecule has 2 N–H and O–H groups in total. The predicted octanol–water partition coefficient (Wildman–Crippen LogP) is 5.10. The first-order valence-corrected chi connectivity index (χ1v) is 9.81. The lowest BCUT2D eigenvalue weighted by atomic mass is 10.1. The Morgan fingerprint density at radius 3 is 2.53 bits per heavy atom. The maximum absolute atomic E-state index is 12.6. The SMILES string of the molecule is Cc1cc(/C=C(/C#N)C(=O)Nc2cccc(Br)c2)c(C)n1-c1cccc(C(=O)O)c1. The molecule has 1 heterocycles. The monoisotopic (exact) mass is 463 g/mol. The minimum Gasteiger partial charge on any atom is -0.478 e. The molecule has 2 aromatic carbocycles. The summed E-state index contributed by atoms with van der Waals surface area (Å²) >= 11 is 3.35. The first kappa shape index (κ1) is 21.1. The number of carboxylic acids is 1. The third kappa shape index (κ3) is 4.50. The van der Waals surface area contributed by atoms with E-state index in [0.29, 0.717) is 16.9 Å². The third-order valence-corrected chi connectivity index (χ3v) is 5.06. The van der Waals surface area contributed by atoms with Gasteiger partial charge in [-0.1, -0.05) is 28.1 Å². The fraction of sp³-hybridized carbons (Fsp3) is 0.0870. The highest BCUT2D eigenvalue weighted by atomic mass is 79.9. The van der Waals surface area contributed by atoms with Gasteiger partial charge in [0.05, 0.1) is 5.56 Å². The summed E-state index contributed by atoms with van der Waals surface area (Å²) in [7, 11) is 0. The van der Waals surface area contributed by atoms with Gasteiger partial charge in [-0.2, -0.15) is 5.26 Å². The Labute approximate surface area is 182 Å². The van der Waals surface area contributed by atoms with Crippen LogP contribution < -0.4 is 5.32 Å². The smallest absolute Gasteiger partial charge is 0.335 e. The number of halogens is 1. The summed E-state index contributed by atoms with van der Waals surface area (Å²) < 4.78 is 2.70. The molecular formula is C23H18BrN3O3. The molecule has 150 valence electrons. The number of aryl methyl sites for hydroxylation is 1. The molecule has 0 aliphatic heterocycles. The molecule has 0 bridgehead atoms. The van der Waals surface area contributed by atoms with Gasteiger partial charge < -0.3 is 15.0 Å². The topological polar surface area (TPSA) is 95.1 Å². The zero-order valence-corrected chi connectivity index (χ0v) is 17.9. The zero-order chi connectivity index (χ0) is 21.8. The summed E-state index contributed by atoms with van der Waals surface area (Å²) in [5.74, 6) is -1.51. The van der Waals surface area contributed by atoms with E-state index in [1.807, 2.05) is 42.7 Å². The largest absolute Gasteiger partial charge is 0.478 e. The number of benzene rings is 2. The molecule has 1 amide bonds. The van der Waals surface area contributed by atoms with Crippen LogP contribution in [0.2, 0.25) is 0 Å².